The van der Waals surface area contributed by atoms with Crippen LogP contribution in [-0.2, 0) is 11.3 Å². The van der Waals surface area contributed by atoms with Crippen LogP contribution in [0.5, 0.6) is 0 Å². The highest BCUT2D eigenvalue weighted by molar-refractivity contribution is 6.11. The van der Waals surface area contributed by atoms with Gasteiger partial charge in [-0.25, -0.2) is 4.79 Å². The Labute approximate surface area is 191 Å². The van der Waals surface area contributed by atoms with Crippen molar-refractivity contribution in [3.8, 4) is 0 Å². The molecule has 0 N–H and O–H groups in total. The van der Waals surface area contributed by atoms with Gasteiger partial charge in [0, 0.05) is 19.0 Å². The summed E-state index contributed by atoms with van der Waals surface area (Å²) in [5, 5.41) is 0. The molecule has 165 valence electrons. The van der Waals surface area contributed by atoms with E-state index in [-0.39, 0.29) is 17.9 Å². The quantitative estimate of drug-likeness (QED) is 0.694. The zero-order valence-corrected chi connectivity index (χ0v) is 19.7. The molecule has 0 fully saturated rings. The Kier molecular flexibility index (Phi) is 6.26. The van der Waals surface area contributed by atoms with Crippen molar-refractivity contribution in [1.82, 2.24) is 14.8 Å². The number of benzene rings is 2. The largest absolute Gasteiger partial charge is 0.341 e. The molecule has 32 heavy (non-hydrogen) atoms. The maximum absolute atomic E-state index is 13.4. The summed E-state index contributed by atoms with van der Waals surface area (Å²) in [7, 11) is 0. The maximum atomic E-state index is 13.4. The molecule has 0 bridgehead atoms. The monoisotopic (exact) mass is 428 g/mol. The molecule has 1 amide bonds. The molecule has 5 nitrogen and oxygen atoms in total. The lowest BCUT2D eigenvalue weighted by Crippen LogP contribution is -2.57. The summed E-state index contributed by atoms with van der Waals surface area (Å²) < 4.78 is 0. The fourth-order valence-corrected chi connectivity index (χ4v) is 4.41. The van der Waals surface area contributed by atoms with Gasteiger partial charge in [0.1, 0.15) is 18.4 Å². The maximum Gasteiger partial charge on any atom is 0.341 e. The first-order valence-electron chi connectivity index (χ1n) is 11.4. The minimum Gasteiger partial charge on any atom is -0.340 e. The second-order valence-corrected chi connectivity index (χ2v) is 9.01. The van der Waals surface area contributed by atoms with Crippen LogP contribution in [0.25, 0.3) is 0 Å². The van der Waals surface area contributed by atoms with Gasteiger partial charge in [-0.1, -0.05) is 74.0 Å². The molecular weight excluding hydrogens is 396 g/mol. The zero-order chi connectivity index (χ0) is 22.8. The van der Waals surface area contributed by atoms with Crippen molar-refractivity contribution in [2.45, 2.75) is 47.2 Å². The average Bonchev–Trinajstić information content (AvgIpc) is 3.25. The summed E-state index contributed by atoms with van der Waals surface area (Å²) in [5.41, 5.74) is 4.94. The van der Waals surface area contributed by atoms with Crippen LogP contribution in [0.2, 0.25) is 0 Å². The van der Waals surface area contributed by atoms with E-state index in [4.69, 9.17) is 9.98 Å². The number of carbonyl (C=O) groups is 1. The van der Waals surface area contributed by atoms with Crippen LogP contribution in [-0.4, -0.2) is 46.5 Å². The third-order valence-electron chi connectivity index (χ3n) is 6.27. The number of hydrogen-bond donors (Lipinski definition) is 0. The van der Waals surface area contributed by atoms with E-state index < -0.39 is 0 Å². The molecule has 1 atom stereocenters. The topological polar surface area (TPSA) is 50.0 Å². The number of hydrogen-bond acceptors (Lipinski definition) is 4. The first-order chi connectivity index (χ1) is 15.4. The molecule has 0 saturated carbocycles. The van der Waals surface area contributed by atoms with Crippen LogP contribution in [0, 0.1) is 12.8 Å². The standard InChI is InChI=1S/C27H32N4O/c1-18(2)24(30-16-15-28-25(30)23-13-11-19(3)12-14-23)26-29-21(5)20(4)27(32)31(26)17-22-9-7-6-8-10-22/h6-14,18,24H,15-17H2,1-5H3/q+1/t24-/m1/s1. The van der Waals surface area contributed by atoms with Gasteiger partial charge in [-0.2, -0.15) is 4.90 Å². The van der Waals surface area contributed by atoms with Gasteiger partial charge in [-0.3, -0.25) is 4.99 Å². The lowest BCUT2D eigenvalue weighted by atomic mass is 9.96. The van der Waals surface area contributed by atoms with Crippen LogP contribution < -0.4 is 4.99 Å². The van der Waals surface area contributed by atoms with Gasteiger partial charge in [-0.05, 0) is 30.3 Å². The minimum absolute atomic E-state index is 0.0371. The molecule has 5 heteroatoms. The molecular formula is C27H32N4O+. The first kappa shape index (κ1) is 22.0. The van der Waals surface area contributed by atoms with Crippen molar-refractivity contribution in [1.29, 1.82) is 0 Å². The van der Waals surface area contributed by atoms with Crippen LogP contribution in [0.15, 0.2) is 70.9 Å². The number of nitrogens with zero attached hydrogens (tertiary/aromatic N) is 4. The van der Waals surface area contributed by atoms with Gasteiger partial charge >= 0.3 is 11.7 Å². The first-order valence-corrected chi connectivity index (χ1v) is 11.4. The Morgan fingerprint density at radius 2 is 1.69 bits per heavy atom. The number of rotatable bonds is 6. The molecule has 0 aromatic heterocycles. The highest BCUT2D eigenvalue weighted by Crippen LogP contribution is 2.25. The third-order valence-corrected chi connectivity index (χ3v) is 6.27. The molecule has 0 aliphatic carbocycles. The fourth-order valence-electron chi connectivity index (χ4n) is 4.41. The Hall–Kier alpha value is -3.21. The summed E-state index contributed by atoms with van der Waals surface area (Å²) in [6.45, 7) is 12.4. The normalized spacial score (nSPS) is 17.8. The Bertz CT molecular complexity index is 1080. The average molecular weight is 429 g/mol. The van der Waals surface area contributed by atoms with E-state index in [1.165, 1.54) is 5.56 Å². The summed E-state index contributed by atoms with van der Waals surface area (Å²) in [6.07, 6.45) is 0. The zero-order valence-electron chi connectivity index (χ0n) is 19.7. The molecule has 0 spiro atoms. The van der Waals surface area contributed by atoms with Gasteiger partial charge in [0.25, 0.3) is 0 Å². The third kappa shape index (κ3) is 4.24. The Morgan fingerprint density at radius 1 is 1.00 bits per heavy atom. The highest BCUT2D eigenvalue weighted by Gasteiger charge is 2.46. The van der Waals surface area contributed by atoms with Crippen molar-refractivity contribution >= 4 is 17.6 Å². The van der Waals surface area contributed by atoms with E-state index in [2.05, 4.69) is 62.1 Å². The van der Waals surface area contributed by atoms with E-state index in [0.29, 0.717) is 12.1 Å². The van der Waals surface area contributed by atoms with Gasteiger partial charge in [-0.15, -0.1) is 0 Å². The van der Waals surface area contributed by atoms with E-state index in [9.17, 15) is 4.79 Å². The van der Waals surface area contributed by atoms with Gasteiger partial charge in [0.15, 0.2) is 5.70 Å². The van der Waals surface area contributed by atoms with E-state index >= 15 is 0 Å². The SMILES string of the molecule is CC1=C(C)C(=O)N(Cc2ccccc2)C([C@@H](C(C)C)N2CCN=C2c2ccc(C)cc2)=[N+]1. The van der Waals surface area contributed by atoms with Crippen molar-refractivity contribution in [3.63, 3.8) is 0 Å². The number of amidine groups is 2. The molecule has 2 aromatic carbocycles. The van der Waals surface area contributed by atoms with Gasteiger partial charge < -0.3 is 4.90 Å². The second-order valence-electron chi connectivity index (χ2n) is 9.01. The number of carbonyl (C=O) groups excluding carboxylic acids is 1. The summed E-state index contributed by atoms with van der Waals surface area (Å²) >= 11 is 0. The molecule has 4 rings (SSSR count). The number of aliphatic imine (C=N–C) groups is 2. The highest BCUT2D eigenvalue weighted by atomic mass is 16.2. The molecule has 0 saturated heterocycles. The van der Waals surface area contributed by atoms with Crippen LogP contribution in [0.4, 0.5) is 0 Å². The smallest absolute Gasteiger partial charge is 0.340 e. The molecule has 2 aliphatic rings. The second kappa shape index (κ2) is 9.11. The Morgan fingerprint density at radius 3 is 2.34 bits per heavy atom. The number of aryl methyl sites for hydroxylation is 1. The lowest BCUT2D eigenvalue weighted by molar-refractivity contribution is -0.124. The van der Waals surface area contributed by atoms with Crippen LogP contribution >= 0.6 is 0 Å². The van der Waals surface area contributed by atoms with E-state index in [0.717, 1.165) is 41.6 Å². The van der Waals surface area contributed by atoms with E-state index in [1.807, 2.05) is 36.9 Å². The Balaban J connectivity index is 1.74. The molecule has 2 aromatic rings. The summed E-state index contributed by atoms with van der Waals surface area (Å²) in [5.74, 6) is 2.09. The van der Waals surface area contributed by atoms with Crippen LogP contribution in [0.1, 0.15) is 44.4 Å². The van der Waals surface area contributed by atoms with Crippen molar-refractivity contribution in [3.05, 3.63) is 82.6 Å². The lowest BCUT2D eigenvalue weighted by Gasteiger charge is -2.34. The predicted molar refractivity (Wildman–Crippen MR) is 130 cm³/mol. The van der Waals surface area contributed by atoms with Crippen molar-refractivity contribution in [2.75, 3.05) is 13.1 Å². The van der Waals surface area contributed by atoms with Crippen LogP contribution in [0.3, 0.4) is 0 Å². The molecule has 1 radical (unpaired) electrons. The minimum atomic E-state index is -0.0479. The van der Waals surface area contributed by atoms with E-state index in [1.54, 1.807) is 0 Å². The molecule has 2 heterocycles. The molecule has 0 unspecified atom stereocenters. The van der Waals surface area contributed by atoms with Crippen molar-refractivity contribution < 1.29 is 4.79 Å². The summed E-state index contributed by atoms with van der Waals surface area (Å²) in [4.78, 5) is 27.5. The molecule has 2 aliphatic heterocycles. The van der Waals surface area contributed by atoms with Gasteiger partial charge in [0.2, 0.25) is 0 Å². The fraction of sp³-hybridized carbons (Fsp3) is 0.370. The number of allylic oxidation sites excluding steroid dienone is 1. The summed E-state index contributed by atoms with van der Waals surface area (Å²) in [6, 6.07) is 18.6. The number of amides is 1. The predicted octanol–water partition coefficient (Wildman–Crippen LogP) is 4.15. The van der Waals surface area contributed by atoms with Crippen molar-refractivity contribution in [2.24, 2.45) is 10.9 Å². The van der Waals surface area contributed by atoms with Gasteiger partial charge in [0.05, 0.1) is 12.1 Å².